The van der Waals surface area contributed by atoms with Gasteiger partial charge < -0.3 is 0 Å². The fourth-order valence-electron chi connectivity index (χ4n) is 0. The lowest BCUT2D eigenvalue weighted by atomic mass is 11.0. The molecule has 0 saturated heterocycles. The van der Waals surface area contributed by atoms with E-state index in [0.29, 0.717) is 0 Å². The van der Waals surface area contributed by atoms with Crippen LogP contribution in [0.3, 0.4) is 0 Å². The lowest BCUT2D eigenvalue weighted by molar-refractivity contribution is 0.484. The van der Waals surface area contributed by atoms with Gasteiger partial charge in [0.1, 0.15) is 0 Å². The lowest BCUT2D eigenvalue weighted by Crippen LogP contribution is -1.97. The summed E-state index contributed by atoms with van der Waals surface area (Å²) in [5, 5.41) is 0. The number of hydrogen-bond donors (Lipinski definition) is 1. The molecule has 7 heavy (non-hydrogen) atoms. The molecular weight excluding hydrogens is 123 g/mol. The predicted octanol–water partition coefficient (Wildman–Crippen LogP) is 0.0466. The van der Waals surface area contributed by atoms with Crippen molar-refractivity contribution >= 4 is 10.1 Å². The van der Waals surface area contributed by atoms with E-state index in [0.717, 1.165) is 0 Å². The van der Waals surface area contributed by atoms with Gasteiger partial charge in [-0.1, -0.05) is 0 Å². The van der Waals surface area contributed by atoms with Gasteiger partial charge in [-0.25, -0.2) is 0 Å². The van der Waals surface area contributed by atoms with Crippen molar-refractivity contribution in [3.8, 4) is 0 Å². The minimum absolute atomic E-state index is 0. The Morgan fingerprint density at radius 2 is 1.71 bits per heavy atom. The Labute approximate surface area is 41.5 Å². The first-order valence-electron chi connectivity index (χ1n) is 1.51. The van der Waals surface area contributed by atoms with Crippen molar-refractivity contribution in [2.24, 2.45) is 0 Å². The largest absolute Gasteiger partial charge is 0.286 e. The van der Waals surface area contributed by atoms with Gasteiger partial charge in [0.15, 0.2) is 0 Å². The summed E-state index contributed by atoms with van der Waals surface area (Å²) in [6, 6.07) is 0. The van der Waals surface area contributed by atoms with Crippen LogP contribution in [-0.4, -0.2) is 18.7 Å². The molecule has 0 aromatic heterocycles. The summed E-state index contributed by atoms with van der Waals surface area (Å²) in [4.78, 5) is 0. The van der Waals surface area contributed by atoms with E-state index in [2.05, 4.69) is 0 Å². The van der Waals surface area contributed by atoms with Crippen LogP contribution >= 0.6 is 0 Å². The van der Waals surface area contributed by atoms with E-state index in [4.69, 9.17) is 4.55 Å². The molecule has 0 saturated carbocycles. The van der Waals surface area contributed by atoms with Crippen LogP contribution in [0.25, 0.3) is 0 Å². The third-order valence-electron chi connectivity index (χ3n) is 0.365. The molecule has 3 nitrogen and oxygen atoms in total. The molecule has 0 unspecified atom stereocenters. The van der Waals surface area contributed by atoms with E-state index in [9.17, 15) is 8.42 Å². The second kappa shape index (κ2) is 2.92. The van der Waals surface area contributed by atoms with Crippen molar-refractivity contribution in [2.75, 3.05) is 5.75 Å². The maximum absolute atomic E-state index is 9.56. The molecule has 0 atom stereocenters. The van der Waals surface area contributed by atoms with Crippen LogP contribution in [0.2, 0.25) is 0 Å². The smallest absolute Gasteiger partial charge is 0.264 e. The Bertz CT molecular complexity index is 115. The first-order valence-corrected chi connectivity index (χ1v) is 3.12. The fraction of sp³-hybridized carbons (Fsp3) is 1.00. The Morgan fingerprint density at radius 3 is 1.71 bits per heavy atom. The highest BCUT2D eigenvalue weighted by Gasteiger charge is 1.93. The molecule has 0 aromatic rings. The molecule has 0 aromatic carbocycles. The third kappa shape index (κ3) is 10.7. The number of rotatable bonds is 1. The Balaban J connectivity index is 0. The molecule has 0 fully saturated rings. The summed E-state index contributed by atoms with van der Waals surface area (Å²) in [6.07, 6.45) is 0. The summed E-state index contributed by atoms with van der Waals surface area (Å²) in [7, 11) is -3.66. The molecule has 0 aliphatic rings. The molecule has 0 radical (unpaired) electrons. The van der Waals surface area contributed by atoms with Gasteiger partial charge in [-0.15, -0.1) is 0 Å². The number of halogens is 1. The average molecular weight is 130 g/mol. The zero-order valence-electron chi connectivity index (χ0n) is 3.79. The standard InChI is InChI=1S/C2H6O3S.FH/c1-2-6(3,4)5;/h2H2,1H3,(H,3,4,5);1H. The molecule has 0 rings (SSSR count). The lowest BCUT2D eigenvalue weighted by Gasteiger charge is -1.79. The van der Waals surface area contributed by atoms with E-state index in [1.807, 2.05) is 0 Å². The fourth-order valence-corrected chi connectivity index (χ4v) is 0. The summed E-state index contributed by atoms with van der Waals surface area (Å²) in [5.41, 5.74) is 0. The van der Waals surface area contributed by atoms with Crippen molar-refractivity contribution in [1.82, 2.24) is 0 Å². The van der Waals surface area contributed by atoms with E-state index in [1.54, 1.807) is 0 Å². The van der Waals surface area contributed by atoms with Crippen molar-refractivity contribution in [3.05, 3.63) is 0 Å². The van der Waals surface area contributed by atoms with Gasteiger partial charge in [-0.2, -0.15) is 8.42 Å². The van der Waals surface area contributed by atoms with Crippen LogP contribution in [0.4, 0.5) is 4.70 Å². The molecule has 0 bridgehead atoms. The van der Waals surface area contributed by atoms with Gasteiger partial charge in [-0.05, 0) is 6.92 Å². The minimum Gasteiger partial charge on any atom is -0.286 e. The predicted molar refractivity (Wildman–Crippen MR) is 24.6 cm³/mol. The van der Waals surface area contributed by atoms with Crippen molar-refractivity contribution in [2.45, 2.75) is 6.92 Å². The molecule has 0 amide bonds. The van der Waals surface area contributed by atoms with Gasteiger partial charge in [0.05, 0.1) is 5.75 Å². The van der Waals surface area contributed by atoms with Crippen LogP contribution in [-0.2, 0) is 10.1 Å². The Kier molecular flexibility index (Phi) is 4.16. The summed E-state index contributed by atoms with van der Waals surface area (Å²) < 4.78 is 26.9. The highest BCUT2D eigenvalue weighted by atomic mass is 32.2. The highest BCUT2D eigenvalue weighted by molar-refractivity contribution is 7.85. The zero-order valence-corrected chi connectivity index (χ0v) is 4.60. The van der Waals surface area contributed by atoms with E-state index < -0.39 is 10.1 Å². The molecule has 0 spiro atoms. The minimum atomic E-state index is -3.66. The highest BCUT2D eigenvalue weighted by Crippen LogP contribution is 1.74. The van der Waals surface area contributed by atoms with Crippen LogP contribution in [0.1, 0.15) is 6.92 Å². The van der Waals surface area contributed by atoms with Crippen molar-refractivity contribution < 1.29 is 17.7 Å². The van der Waals surface area contributed by atoms with Gasteiger partial charge in [0.25, 0.3) is 10.1 Å². The van der Waals surface area contributed by atoms with Crippen LogP contribution in [0.15, 0.2) is 0 Å². The second-order valence-corrected chi connectivity index (χ2v) is 2.61. The summed E-state index contributed by atoms with van der Waals surface area (Å²) >= 11 is 0. The molecule has 0 aliphatic heterocycles. The van der Waals surface area contributed by atoms with Crippen LogP contribution in [0, 0.1) is 0 Å². The van der Waals surface area contributed by atoms with Gasteiger partial charge in [-0.3, -0.25) is 9.26 Å². The van der Waals surface area contributed by atoms with E-state index >= 15 is 0 Å². The molecule has 5 heteroatoms. The molecule has 46 valence electrons. The molecule has 0 aliphatic carbocycles. The van der Waals surface area contributed by atoms with Crippen LogP contribution in [0.5, 0.6) is 0 Å². The van der Waals surface area contributed by atoms with Crippen molar-refractivity contribution in [3.63, 3.8) is 0 Å². The maximum atomic E-state index is 9.56. The Hall–Kier alpha value is -0.160. The number of hydrogen-bond acceptors (Lipinski definition) is 2. The van der Waals surface area contributed by atoms with E-state index in [-0.39, 0.29) is 10.5 Å². The maximum Gasteiger partial charge on any atom is 0.264 e. The second-order valence-electron chi connectivity index (χ2n) is 0.871. The van der Waals surface area contributed by atoms with E-state index in [1.165, 1.54) is 6.92 Å². The first-order chi connectivity index (χ1) is 2.56. The van der Waals surface area contributed by atoms with Crippen LogP contribution < -0.4 is 0 Å². The molecular formula is C2H7FO3S. The average Bonchev–Trinajstić information content (AvgIpc) is 1.35. The van der Waals surface area contributed by atoms with Gasteiger partial charge in [0.2, 0.25) is 0 Å². The SMILES string of the molecule is CCS(=O)(=O)O.F. The monoisotopic (exact) mass is 130 g/mol. The summed E-state index contributed by atoms with van der Waals surface area (Å²) in [6.45, 7) is 1.37. The zero-order chi connectivity index (χ0) is 5.21. The third-order valence-corrected chi connectivity index (χ3v) is 1.09. The summed E-state index contributed by atoms with van der Waals surface area (Å²) in [5.74, 6) is -0.201. The Morgan fingerprint density at radius 1 is 1.57 bits per heavy atom. The van der Waals surface area contributed by atoms with Gasteiger partial charge >= 0.3 is 0 Å². The topological polar surface area (TPSA) is 54.4 Å². The molecule has 0 heterocycles. The van der Waals surface area contributed by atoms with Gasteiger partial charge in [0, 0.05) is 0 Å². The molecule has 1 N–H and O–H groups in total. The quantitative estimate of drug-likeness (QED) is 0.510. The van der Waals surface area contributed by atoms with Crippen molar-refractivity contribution in [1.29, 1.82) is 0 Å². The first kappa shape index (κ1) is 9.96. The normalized spacial score (nSPS) is 10.0.